The monoisotopic (exact) mass is 440 g/mol. The average molecular weight is 440 g/mol. The molecule has 0 saturated carbocycles. The number of methoxy groups -OCH3 is 3. The van der Waals surface area contributed by atoms with E-state index in [2.05, 4.69) is 0 Å². The van der Waals surface area contributed by atoms with Crippen molar-refractivity contribution in [2.75, 3.05) is 48.5 Å². The number of likely N-dealkylation sites (N-methyl/N-ethyl adjacent to an activating group) is 1. The molecule has 0 spiro atoms. The molecule has 170 valence electrons. The fourth-order valence-electron chi connectivity index (χ4n) is 3.79. The highest BCUT2D eigenvalue weighted by Crippen LogP contribution is 2.45. The molecule has 0 aromatic heterocycles. The topological polar surface area (TPSA) is 88.5 Å². The minimum atomic E-state index is -0.841. The zero-order chi connectivity index (χ0) is 23.4. The smallest absolute Gasteiger partial charge is 0.295 e. The second-order valence-electron chi connectivity index (χ2n) is 7.61. The van der Waals surface area contributed by atoms with E-state index in [1.54, 1.807) is 42.5 Å². The first-order valence-electron chi connectivity index (χ1n) is 10.1. The van der Waals surface area contributed by atoms with Crippen LogP contribution in [-0.4, -0.2) is 75.1 Å². The zero-order valence-corrected chi connectivity index (χ0v) is 18.9. The number of aliphatic hydroxyl groups is 1. The van der Waals surface area contributed by atoms with Crippen LogP contribution >= 0.6 is 0 Å². The Morgan fingerprint density at radius 1 is 1.03 bits per heavy atom. The summed E-state index contributed by atoms with van der Waals surface area (Å²) in [5.74, 6) is -0.320. The van der Waals surface area contributed by atoms with Crippen LogP contribution in [0.3, 0.4) is 0 Å². The van der Waals surface area contributed by atoms with Crippen LogP contribution < -0.4 is 14.2 Å². The molecule has 1 amide bonds. The second kappa shape index (κ2) is 9.74. The van der Waals surface area contributed by atoms with Gasteiger partial charge in [-0.3, -0.25) is 9.59 Å². The molecule has 0 bridgehead atoms. The van der Waals surface area contributed by atoms with Gasteiger partial charge in [0.15, 0.2) is 11.5 Å². The number of carbonyl (C=O) groups is 2. The Morgan fingerprint density at radius 3 is 2.38 bits per heavy atom. The summed E-state index contributed by atoms with van der Waals surface area (Å²) in [6.45, 7) is 0.826. The van der Waals surface area contributed by atoms with E-state index in [9.17, 15) is 14.7 Å². The van der Waals surface area contributed by atoms with Crippen molar-refractivity contribution in [1.82, 2.24) is 9.80 Å². The molecule has 8 nitrogen and oxygen atoms in total. The summed E-state index contributed by atoms with van der Waals surface area (Å²) < 4.78 is 16.2. The van der Waals surface area contributed by atoms with Gasteiger partial charge < -0.3 is 29.1 Å². The molecule has 1 heterocycles. The van der Waals surface area contributed by atoms with Gasteiger partial charge in [-0.2, -0.15) is 0 Å². The average Bonchev–Trinajstić information content (AvgIpc) is 3.06. The van der Waals surface area contributed by atoms with Gasteiger partial charge in [0.05, 0.1) is 32.9 Å². The molecular weight excluding hydrogens is 412 g/mol. The normalized spacial score (nSPS) is 17.7. The predicted molar refractivity (Wildman–Crippen MR) is 120 cm³/mol. The lowest BCUT2D eigenvalue weighted by Crippen LogP contribution is -2.35. The third-order valence-electron chi connectivity index (χ3n) is 5.40. The van der Waals surface area contributed by atoms with E-state index in [1.165, 1.54) is 26.2 Å². The summed E-state index contributed by atoms with van der Waals surface area (Å²) in [5.41, 5.74) is 0.921. The van der Waals surface area contributed by atoms with Crippen molar-refractivity contribution in [1.29, 1.82) is 0 Å². The minimum Gasteiger partial charge on any atom is -0.507 e. The number of likely N-dealkylation sites (tertiary alicyclic amines) is 1. The number of carbonyl (C=O) groups excluding carboxylic acids is 2. The Morgan fingerprint density at radius 2 is 1.75 bits per heavy atom. The number of benzene rings is 2. The second-order valence-corrected chi connectivity index (χ2v) is 7.61. The molecule has 32 heavy (non-hydrogen) atoms. The van der Waals surface area contributed by atoms with Gasteiger partial charge in [-0.25, -0.2) is 0 Å². The summed E-state index contributed by atoms with van der Waals surface area (Å²) in [6.07, 6.45) is 0. The van der Waals surface area contributed by atoms with Crippen LogP contribution in [0.2, 0.25) is 0 Å². The van der Waals surface area contributed by atoms with Crippen molar-refractivity contribution in [3.63, 3.8) is 0 Å². The highest BCUT2D eigenvalue weighted by molar-refractivity contribution is 6.46. The number of ketones is 1. The number of aliphatic hydroxyl groups excluding tert-OH is 1. The van der Waals surface area contributed by atoms with Crippen molar-refractivity contribution in [2.24, 2.45) is 0 Å². The van der Waals surface area contributed by atoms with E-state index in [4.69, 9.17) is 14.2 Å². The van der Waals surface area contributed by atoms with Gasteiger partial charge in [-0.15, -0.1) is 0 Å². The van der Waals surface area contributed by atoms with Gasteiger partial charge in [0, 0.05) is 24.2 Å². The number of para-hydroxylation sites is 1. The molecule has 0 unspecified atom stereocenters. The molecular formula is C24H28N2O6. The molecule has 3 rings (SSSR count). The first-order chi connectivity index (χ1) is 15.3. The number of ether oxygens (including phenoxy) is 3. The number of hydrogen-bond donors (Lipinski definition) is 1. The standard InChI is InChI=1S/C24H28N2O6/c1-25(2)12-13-26-20(17-10-7-11-18(31-4)23(17)32-5)19(22(28)24(26)29)21(27)15-8-6-9-16(14-15)30-3/h6-11,14,20,27H,12-13H2,1-5H3/b21-19+/t20-/m0/s1. The molecule has 1 atom stereocenters. The highest BCUT2D eigenvalue weighted by atomic mass is 16.5. The zero-order valence-electron chi connectivity index (χ0n) is 18.9. The molecule has 2 aromatic rings. The lowest BCUT2D eigenvalue weighted by Gasteiger charge is -2.28. The Kier molecular flexibility index (Phi) is 7.05. The van der Waals surface area contributed by atoms with Gasteiger partial charge >= 0.3 is 0 Å². The van der Waals surface area contributed by atoms with Crippen molar-refractivity contribution in [3.8, 4) is 17.2 Å². The third-order valence-corrected chi connectivity index (χ3v) is 5.40. The van der Waals surface area contributed by atoms with Crippen LogP contribution in [0.4, 0.5) is 0 Å². The van der Waals surface area contributed by atoms with Crippen LogP contribution in [0.1, 0.15) is 17.2 Å². The SMILES string of the molecule is COc1cccc(/C(O)=C2\C(=O)C(=O)N(CCN(C)C)[C@H]2c2cccc(OC)c2OC)c1. The molecule has 8 heteroatoms. The summed E-state index contributed by atoms with van der Waals surface area (Å²) in [4.78, 5) is 29.6. The largest absolute Gasteiger partial charge is 0.507 e. The third kappa shape index (κ3) is 4.27. The lowest BCUT2D eigenvalue weighted by molar-refractivity contribution is -0.140. The summed E-state index contributed by atoms with van der Waals surface area (Å²) >= 11 is 0. The van der Waals surface area contributed by atoms with Crippen molar-refractivity contribution >= 4 is 17.4 Å². The van der Waals surface area contributed by atoms with E-state index in [1.807, 2.05) is 19.0 Å². The maximum absolute atomic E-state index is 13.1. The minimum absolute atomic E-state index is 0.00596. The Bertz CT molecular complexity index is 1050. The predicted octanol–water partition coefficient (Wildman–Crippen LogP) is 2.70. The van der Waals surface area contributed by atoms with E-state index >= 15 is 0 Å². The van der Waals surface area contributed by atoms with Crippen LogP contribution in [0.5, 0.6) is 17.2 Å². The molecule has 1 fully saturated rings. The molecule has 0 aliphatic carbocycles. The van der Waals surface area contributed by atoms with E-state index in [0.717, 1.165) is 0 Å². The number of nitrogens with zero attached hydrogens (tertiary/aromatic N) is 2. The highest BCUT2D eigenvalue weighted by Gasteiger charge is 2.47. The van der Waals surface area contributed by atoms with Crippen LogP contribution in [0.25, 0.3) is 5.76 Å². The molecule has 1 aliphatic heterocycles. The summed E-state index contributed by atoms with van der Waals surface area (Å²) in [7, 11) is 8.29. The Balaban J connectivity index is 2.25. The molecule has 1 N–H and O–H groups in total. The van der Waals surface area contributed by atoms with Crippen molar-refractivity contribution < 1.29 is 28.9 Å². The number of rotatable bonds is 8. The maximum atomic E-state index is 13.1. The number of Topliss-reactive ketones (excluding diaryl/α,β-unsaturated/α-hetero) is 1. The summed E-state index contributed by atoms with van der Waals surface area (Å²) in [5, 5.41) is 11.2. The van der Waals surface area contributed by atoms with Gasteiger partial charge in [-0.1, -0.05) is 24.3 Å². The molecule has 1 saturated heterocycles. The lowest BCUT2D eigenvalue weighted by atomic mass is 9.94. The van der Waals surface area contributed by atoms with Crippen molar-refractivity contribution in [2.45, 2.75) is 6.04 Å². The number of hydrogen-bond acceptors (Lipinski definition) is 7. The van der Waals surface area contributed by atoms with Gasteiger partial charge in [0.1, 0.15) is 11.5 Å². The van der Waals surface area contributed by atoms with E-state index in [-0.39, 0.29) is 17.9 Å². The molecule has 1 aliphatic rings. The van der Waals surface area contributed by atoms with E-state index in [0.29, 0.717) is 34.9 Å². The summed E-state index contributed by atoms with van der Waals surface area (Å²) in [6, 6.07) is 11.1. The quantitative estimate of drug-likeness (QED) is 0.384. The number of amides is 1. The molecule has 2 aromatic carbocycles. The van der Waals surface area contributed by atoms with Gasteiger partial charge in [-0.05, 0) is 32.3 Å². The van der Waals surface area contributed by atoms with Crippen LogP contribution in [0, 0.1) is 0 Å². The van der Waals surface area contributed by atoms with Crippen LogP contribution in [-0.2, 0) is 9.59 Å². The molecule has 0 radical (unpaired) electrons. The fourth-order valence-corrected chi connectivity index (χ4v) is 3.79. The fraction of sp³-hybridized carbons (Fsp3) is 0.333. The van der Waals surface area contributed by atoms with Gasteiger partial charge in [0.25, 0.3) is 11.7 Å². The Labute approximate surface area is 187 Å². The van der Waals surface area contributed by atoms with E-state index < -0.39 is 17.7 Å². The first-order valence-corrected chi connectivity index (χ1v) is 10.1. The van der Waals surface area contributed by atoms with Gasteiger partial charge in [0.2, 0.25) is 0 Å². The van der Waals surface area contributed by atoms with Crippen molar-refractivity contribution in [3.05, 3.63) is 59.2 Å². The maximum Gasteiger partial charge on any atom is 0.295 e. The Hall–Kier alpha value is -3.52. The van der Waals surface area contributed by atoms with Crippen LogP contribution in [0.15, 0.2) is 48.0 Å². The first kappa shape index (κ1) is 23.1.